The van der Waals surface area contributed by atoms with E-state index in [1.807, 2.05) is 0 Å². The normalized spacial score (nSPS) is 16.5. The number of nitrogens with one attached hydrogen (secondary N) is 1. The van der Waals surface area contributed by atoms with Crippen LogP contribution in [0.1, 0.15) is 30.9 Å². The molecule has 1 aliphatic carbocycles. The fourth-order valence-corrected chi connectivity index (χ4v) is 1.97. The minimum atomic E-state index is -0.384. The first-order chi connectivity index (χ1) is 9.19. The van der Waals surface area contributed by atoms with Gasteiger partial charge in [0.1, 0.15) is 11.9 Å². The van der Waals surface area contributed by atoms with E-state index >= 15 is 0 Å². The van der Waals surface area contributed by atoms with Crippen LogP contribution in [0.2, 0.25) is 0 Å². The minimum absolute atomic E-state index is 0. The molecule has 1 saturated carbocycles. The van der Waals surface area contributed by atoms with Crippen LogP contribution in [0.5, 0.6) is 0 Å². The second-order valence-corrected chi connectivity index (χ2v) is 4.82. The molecule has 0 bridgehead atoms. The van der Waals surface area contributed by atoms with Crippen molar-refractivity contribution >= 4 is 29.9 Å². The Morgan fingerprint density at radius 1 is 1.45 bits per heavy atom. The van der Waals surface area contributed by atoms with Gasteiger partial charge in [0.05, 0.1) is 0 Å². The molecule has 5 heteroatoms. The van der Waals surface area contributed by atoms with E-state index in [4.69, 9.17) is 12.2 Å². The van der Waals surface area contributed by atoms with Crippen LogP contribution in [0.15, 0.2) is 29.3 Å². The Kier molecular flexibility index (Phi) is 6.79. The molecule has 20 heavy (non-hydrogen) atoms. The van der Waals surface area contributed by atoms with Crippen LogP contribution < -0.4 is 11.1 Å². The van der Waals surface area contributed by atoms with Gasteiger partial charge in [0.25, 0.3) is 0 Å². The Balaban J connectivity index is 0.00000200. The number of hydrogen-bond donors (Lipinski definition) is 2. The monoisotopic (exact) mass is 387 g/mol. The van der Waals surface area contributed by atoms with Gasteiger partial charge in [0, 0.05) is 6.54 Å². The van der Waals surface area contributed by atoms with E-state index in [9.17, 15) is 4.39 Å². The van der Waals surface area contributed by atoms with Crippen molar-refractivity contribution in [2.45, 2.75) is 25.3 Å². The molecule has 0 aliphatic heterocycles. The second kappa shape index (κ2) is 8.10. The van der Waals surface area contributed by atoms with Crippen molar-refractivity contribution in [3.05, 3.63) is 35.6 Å². The highest BCUT2D eigenvalue weighted by Crippen LogP contribution is 2.26. The summed E-state index contributed by atoms with van der Waals surface area (Å²) in [6.07, 6.45) is 9.21. The van der Waals surface area contributed by atoms with Gasteiger partial charge in [-0.25, -0.2) is 4.39 Å². The van der Waals surface area contributed by atoms with E-state index in [2.05, 4.69) is 16.2 Å². The Morgan fingerprint density at radius 2 is 2.10 bits per heavy atom. The average molecular weight is 387 g/mol. The summed E-state index contributed by atoms with van der Waals surface area (Å²) < 4.78 is 12.9. The number of terminal acetylenes is 1. The zero-order valence-corrected chi connectivity index (χ0v) is 13.5. The molecule has 108 valence electrons. The summed E-state index contributed by atoms with van der Waals surface area (Å²) in [5.41, 5.74) is 6.61. The Bertz CT molecular complexity index is 489. The standard InChI is InChI=1S/C15H18FN3.HI/c1-2-14(12-6-8-13(16)9-7-12)19-15(17)18-10-11-4-3-5-11;/h1,6-9,11,14H,3-5,10H2,(H3,17,18,19);1H. The highest BCUT2D eigenvalue weighted by molar-refractivity contribution is 14.0. The maximum absolute atomic E-state index is 12.9. The number of aliphatic imine (C=N–C) groups is 1. The maximum atomic E-state index is 12.9. The molecule has 0 saturated heterocycles. The van der Waals surface area contributed by atoms with Gasteiger partial charge in [-0.2, -0.15) is 0 Å². The average Bonchev–Trinajstić information content (AvgIpc) is 2.35. The highest BCUT2D eigenvalue weighted by atomic mass is 127. The summed E-state index contributed by atoms with van der Waals surface area (Å²) in [5, 5.41) is 2.98. The minimum Gasteiger partial charge on any atom is -0.370 e. The molecule has 1 aromatic rings. The summed E-state index contributed by atoms with van der Waals surface area (Å²) in [6.45, 7) is 0.750. The Morgan fingerprint density at radius 3 is 2.60 bits per heavy atom. The molecule has 2 rings (SSSR count). The lowest BCUT2D eigenvalue weighted by Crippen LogP contribution is -2.35. The number of rotatable bonds is 4. The van der Waals surface area contributed by atoms with E-state index in [1.54, 1.807) is 12.1 Å². The third-order valence-corrected chi connectivity index (χ3v) is 3.41. The molecule has 1 atom stereocenters. The van der Waals surface area contributed by atoms with Crippen LogP contribution >= 0.6 is 24.0 Å². The van der Waals surface area contributed by atoms with Gasteiger partial charge in [0.2, 0.25) is 0 Å². The largest absolute Gasteiger partial charge is 0.370 e. The molecule has 3 N–H and O–H groups in total. The lowest BCUT2D eigenvalue weighted by Gasteiger charge is -2.23. The molecule has 0 spiro atoms. The third-order valence-electron chi connectivity index (χ3n) is 3.41. The fourth-order valence-electron chi connectivity index (χ4n) is 1.97. The van der Waals surface area contributed by atoms with Crippen LogP contribution in [0.3, 0.4) is 0 Å². The molecular formula is C15H19FIN3. The summed E-state index contributed by atoms with van der Waals surface area (Å²) in [6, 6.07) is 5.66. The van der Waals surface area contributed by atoms with Crippen molar-refractivity contribution in [1.29, 1.82) is 0 Å². The SMILES string of the molecule is C#CC(NC(N)=NCC1CCC1)c1ccc(F)cc1.I. The smallest absolute Gasteiger partial charge is 0.189 e. The first kappa shape index (κ1) is 16.8. The summed E-state index contributed by atoms with van der Waals surface area (Å²) >= 11 is 0. The predicted octanol–water partition coefficient (Wildman–Crippen LogP) is 2.82. The number of hydrogen-bond acceptors (Lipinski definition) is 1. The van der Waals surface area contributed by atoms with Crippen molar-refractivity contribution < 1.29 is 4.39 Å². The van der Waals surface area contributed by atoms with E-state index < -0.39 is 0 Å². The van der Waals surface area contributed by atoms with Gasteiger partial charge in [-0.05, 0) is 36.5 Å². The van der Waals surface area contributed by atoms with E-state index in [1.165, 1.54) is 31.4 Å². The molecular weight excluding hydrogens is 368 g/mol. The van der Waals surface area contributed by atoms with Crippen LogP contribution in [-0.2, 0) is 0 Å². The second-order valence-electron chi connectivity index (χ2n) is 4.82. The summed E-state index contributed by atoms with van der Waals surface area (Å²) in [4.78, 5) is 4.29. The van der Waals surface area contributed by atoms with E-state index in [0.29, 0.717) is 11.9 Å². The number of halogens is 2. The Labute approximate surface area is 136 Å². The fraction of sp³-hybridized carbons (Fsp3) is 0.400. The molecule has 1 aliphatic rings. The number of benzene rings is 1. The molecule has 0 aromatic heterocycles. The quantitative estimate of drug-likeness (QED) is 0.361. The van der Waals surface area contributed by atoms with Crippen LogP contribution in [0.4, 0.5) is 4.39 Å². The maximum Gasteiger partial charge on any atom is 0.189 e. The van der Waals surface area contributed by atoms with Gasteiger partial charge in [-0.1, -0.05) is 24.5 Å². The van der Waals surface area contributed by atoms with Crippen LogP contribution in [-0.4, -0.2) is 12.5 Å². The molecule has 1 unspecified atom stereocenters. The molecule has 0 heterocycles. The lowest BCUT2D eigenvalue weighted by atomic mass is 9.86. The van der Waals surface area contributed by atoms with E-state index in [-0.39, 0.29) is 35.8 Å². The molecule has 3 nitrogen and oxygen atoms in total. The van der Waals surface area contributed by atoms with Crippen molar-refractivity contribution in [2.24, 2.45) is 16.6 Å². The first-order valence-corrected chi connectivity index (χ1v) is 6.47. The van der Waals surface area contributed by atoms with Gasteiger partial charge < -0.3 is 11.1 Å². The first-order valence-electron chi connectivity index (χ1n) is 6.47. The van der Waals surface area contributed by atoms with Crippen LogP contribution in [0.25, 0.3) is 0 Å². The molecule has 1 fully saturated rings. The van der Waals surface area contributed by atoms with Crippen molar-refractivity contribution in [3.63, 3.8) is 0 Å². The van der Waals surface area contributed by atoms with Gasteiger partial charge in [0.15, 0.2) is 5.96 Å². The zero-order chi connectivity index (χ0) is 13.7. The van der Waals surface area contributed by atoms with Gasteiger partial charge >= 0.3 is 0 Å². The van der Waals surface area contributed by atoms with Gasteiger partial charge in [-0.3, -0.25) is 4.99 Å². The molecule has 0 amide bonds. The van der Waals surface area contributed by atoms with Crippen molar-refractivity contribution in [2.75, 3.05) is 6.54 Å². The predicted molar refractivity (Wildman–Crippen MR) is 90.4 cm³/mol. The zero-order valence-electron chi connectivity index (χ0n) is 11.2. The number of nitrogens with zero attached hydrogens (tertiary/aromatic N) is 1. The third kappa shape index (κ3) is 4.67. The topological polar surface area (TPSA) is 50.4 Å². The van der Waals surface area contributed by atoms with Crippen molar-refractivity contribution in [1.82, 2.24) is 5.32 Å². The highest BCUT2D eigenvalue weighted by Gasteiger charge is 2.17. The summed E-state index contributed by atoms with van der Waals surface area (Å²) in [5.74, 6) is 3.31. The van der Waals surface area contributed by atoms with Gasteiger partial charge in [-0.15, -0.1) is 30.4 Å². The lowest BCUT2D eigenvalue weighted by molar-refractivity contribution is 0.326. The number of nitrogens with two attached hydrogens (primary N) is 1. The van der Waals surface area contributed by atoms with E-state index in [0.717, 1.165) is 12.1 Å². The van der Waals surface area contributed by atoms with Crippen LogP contribution in [0, 0.1) is 24.1 Å². The summed E-state index contributed by atoms with van der Waals surface area (Å²) in [7, 11) is 0. The molecule has 0 radical (unpaired) electrons. The molecule has 1 aromatic carbocycles. The number of guanidine groups is 1. The van der Waals surface area contributed by atoms with Crippen molar-refractivity contribution in [3.8, 4) is 12.3 Å². The Hall–Kier alpha value is -1.29.